The van der Waals surface area contributed by atoms with Gasteiger partial charge in [0.2, 0.25) is 0 Å². The molecule has 0 amide bonds. The van der Waals surface area contributed by atoms with Gasteiger partial charge in [0.25, 0.3) is 5.79 Å². The molecule has 0 aromatic rings. The number of hydrogen-bond donors (Lipinski definition) is 0. The fourth-order valence-electron chi connectivity index (χ4n) is 0.945. The van der Waals surface area contributed by atoms with Gasteiger partial charge in [0, 0.05) is 6.92 Å². The zero-order chi connectivity index (χ0) is 5.78. The predicted octanol–water partition coefficient (Wildman–Crippen LogP) is 0.508. The summed E-state index contributed by atoms with van der Waals surface area (Å²) in [5, 5.41) is 3.73. The van der Waals surface area contributed by atoms with Gasteiger partial charge in [-0.25, -0.2) is 0 Å². The first-order valence-corrected chi connectivity index (χ1v) is 2.63. The maximum absolute atomic E-state index is 5.10. The maximum atomic E-state index is 5.10. The van der Waals surface area contributed by atoms with Gasteiger partial charge in [0.05, 0.1) is 5.71 Å². The second-order valence-corrected chi connectivity index (χ2v) is 2.34. The first kappa shape index (κ1) is 4.32. The van der Waals surface area contributed by atoms with Crippen LogP contribution in [0.2, 0.25) is 0 Å². The lowest BCUT2D eigenvalue weighted by atomic mass is 10.2. The van der Waals surface area contributed by atoms with E-state index in [-0.39, 0.29) is 11.9 Å². The molecule has 0 N–H and O–H groups in total. The Morgan fingerprint density at radius 2 is 2.50 bits per heavy atom. The van der Waals surface area contributed by atoms with Crippen LogP contribution in [-0.2, 0) is 9.57 Å². The van der Waals surface area contributed by atoms with E-state index in [0.717, 1.165) is 5.71 Å². The molecule has 2 aliphatic rings. The number of oxime groups is 1. The molecular formula is C5H7NO2. The summed E-state index contributed by atoms with van der Waals surface area (Å²) in [5.41, 5.74) is 0.951. The zero-order valence-electron chi connectivity index (χ0n) is 4.84. The monoisotopic (exact) mass is 113 g/mol. The number of hydrogen-bond acceptors (Lipinski definition) is 3. The summed E-state index contributed by atoms with van der Waals surface area (Å²) in [4.78, 5) is 4.89. The smallest absolute Gasteiger partial charge is 0.267 e. The average Bonchev–Trinajstić information content (AvgIpc) is 2.32. The molecule has 0 bridgehead atoms. The van der Waals surface area contributed by atoms with Gasteiger partial charge in [-0.05, 0) is 6.92 Å². The van der Waals surface area contributed by atoms with Crippen molar-refractivity contribution in [2.75, 3.05) is 0 Å². The van der Waals surface area contributed by atoms with Crippen molar-refractivity contribution in [3.8, 4) is 0 Å². The second kappa shape index (κ2) is 0.910. The van der Waals surface area contributed by atoms with Crippen LogP contribution < -0.4 is 0 Å². The minimum Gasteiger partial charge on any atom is -0.357 e. The summed E-state index contributed by atoms with van der Waals surface area (Å²) < 4.78 is 5.10. The summed E-state index contributed by atoms with van der Waals surface area (Å²) in [7, 11) is 0. The van der Waals surface area contributed by atoms with Crippen molar-refractivity contribution in [1.82, 2.24) is 0 Å². The first-order valence-electron chi connectivity index (χ1n) is 2.63. The minimum atomic E-state index is -0.371. The Morgan fingerprint density at radius 3 is 2.62 bits per heavy atom. The van der Waals surface area contributed by atoms with E-state index in [2.05, 4.69) is 5.16 Å². The van der Waals surface area contributed by atoms with Crippen molar-refractivity contribution in [1.29, 1.82) is 0 Å². The van der Waals surface area contributed by atoms with Gasteiger partial charge >= 0.3 is 0 Å². The van der Waals surface area contributed by atoms with Gasteiger partial charge < -0.3 is 9.57 Å². The molecule has 2 unspecified atom stereocenters. The molecule has 0 spiro atoms. The number of fused-ring (bicyclic) bond motifs is 1. The summed E-state index contributed by atoms with van der Waals surface area (Å²) >= 11 is 0. The number of epoxide rings is 1. The van der Waals surface area contributed by atoms with Crippen LogP contribution in [0.1, 0.15) is 13.8 Å². The largest absolute Gasteiger partial charge is 0.357 e. The maximum Gasteiger partial charge on any atom is 0.267 e. The van der Waals surface area contributed by atoms with E-state index in [4.69, 9.17) is 9.57 Å². The van der Waals surface area contributed by atoms with Crippen molar-refractivity contribution in [2.45, 2.75) is 25.7 Å². The van der Waals surface area contributed by atoms with Crippen LogP contribution >= 0.6 is 0 Å². The molecule has 2 rings (SSSR count). The fraction of sp³-hybridized carbons (Fsp3) is 0.800. The standard InChI is InChI=1S/C5H7NO2/c1-3-4-5(2,7-4)8-6-3/h4H,1-2H3. The lowest BCUT2D eigenvalue weighted by Gasteiger charge is -1.94. The highest BCUT2D eigenvalue weighted by molar-refractivity contribution is 5.90. The lowest BCUT2D eigenvalue weighted by Crippen LogP contribution is -2.07. The van der Waals surface area contributed by atoms with Crippen molar-refractivity contribution >= 4 is 5.71 Å². The molecule has 0 aromatic heterocycles. The second-order valence-electron chi connectivity index (χ2n) is 2.34. The summed E-state index contributed by atoms with van der Waals surface area (Å²) in [6.45, 7) is 3.79. The van der Waals surface area contributed by atoms with Crippen LogP contribution in [0.25, 0.3) is 0 Å². The third-order valence-electron chi connectivity index (χ3n) is 1.52. The fourth-order valence-corrected chi connectivity index (χ4v) is 0.945. The lowest BCUT2D eigenvalue weighted by molar-refractivity contribution is -0.0248. The van der Waals surface area contributed by atoms with E-state index in [1.807, 2.05) is 13.8 Å². The Labute approximate surface area is 47.3 Å². The molecule has 2 aliphatic heterocycles. The van der Waals surface area contributed by atoms with Crippen molar-refractivity contribution in [2.24, 2.45) is 5.16 Å². The van der Waals surface area contributed by atoms with Gasteiger partial charge in [-0.15, -0.1) is 0 Å². The Morgan fingerprint density at radius 1 is 1.75 bits per heavy atom. The highest BCUT2D eigenvalue weighted by atomic mass is 16.9. The van der Waals surface area contributed by atoms with E-state index >= 15 is 0 Å². The van der Waals surface area contributed by atoms with Crippen LogP contribution in [0.4, 0.5) is 0 Å². The molecule has 0 aromatic carbocycles. The van der Waals surface area contributed by atoms with E-state index in [0.29, 0.717) is 0 Å². The van der Waals surface area contributed by atoms with Gasteiger partial charge in [-0.1, -0.05) is 5.16 Å². The number of ether oxygens (including phenoxy) is 1. The molecule has 0 saturated carbocycles. The third kappa shape index (κ3) is 0.314. The van der Waals surface area contributed by atoms with Crippen LogP contribution in [0.5, 0.6) is 0 Å². The Kier molecular flexibility index (Phi) is 0.492. The molecule has 0 aliphatic carbocycles. The van der Waals surface area contributed by atoms with Gasteiger partial charge in [0.15, 0.2) is 6.10 Å². The normalized spacial score (nSPS) is 49.8. The van der Waals surface area contributed by atoms with E-state index in [1.165, 1.54) is 0 Å². The molecule has 44 valence electrons. The van der Waals surface area contributed by atoms with Crippen molar-refractivity contribution < 1.29 is 9.57 Å². The van der Waals surface area contributed by atoms with Crippen LogP contribution in [0.15, 0.2) is 5.16 Å². The van der Waals surface area contributed by atoms with Gasteiger partial charge in [-0.2, -0.15) is 0 Å². The Balaban J connectivity index is 2.27. The SMILES string of the molecule is CC1=NOC2(C)OC12. The molecule has 2 atom stereocenters. The first-order chi connectivity index (χ1) is 3.72. The van der Waals surface area contributed by atoms with Crippen molar-refractivity contribution in [3.63, 3.8) is 0 Å². The minimum absolute atomic E-state index is 0.155. The quantitative estimate of drug-likeness (QED) is 0.429. The third-order valence-corrected chi connectivity index (χ3v) is 1.52. The van der Waals surface area contributed by atoms with Crippen LogP contribution in [0, 0.1) is 0 Å². The molecule has 3 heteroatoms. The summed E-state index contributed by atoms with van der Waals surface area (Å²) in [6.07, 6.45) is 0.155. The Hall–Kier alpha value is -0.570. The average molecular weight is 113 g/mol. The number of nitrogens with zero attached hydrogens (tertiary/aromatic N) is 1. The zero-order valence-corrected chi connectivity index (χ0v) is 4.84. The summed E-state index contributed by atoms with van der Waals surface area (Å²) in [6, 6.07) is 0. The predicted molar refractivity (Wildman–Crippen MR) is 27.5 cm³/mol. The van der Waals surface area contributed by atoms with E-state index in [1.54, 1.807) is 0 Å². The topological polar surface area (TPSA) is 34.1 Å². The van der Waals surface area contributed by atoms with E-state index in [9.17, 15) is 0 Å². The highest BCUT2D eigenvalue weighted by Gasteiger charge is 2.61. The summed E-state index contributed by atoms with van der Waals surface area (Å²) in [5.74, 6) is -0.371. The van der Waals surface area contributed by atoms with Gasteiger partial charge in [0.1, 0.15) is 0 Å². The highest BCUT2D eigenvalue weighted by Crippen LogP contribution is 2.42. The van der Waals surface area contributed by atoms with Gasteiger partial charge in [-0.3, -0.25) is 0 Å². The number of rotatable bonds is 0. The van der Waals surface area contributed by atoms with Crippen LogP contribution in [0.3, 0.4) is 0 Å². The molecular weight excluding hydrogens is 106 g/mol. The molecule has 8 heavy (non-hydrogen) atoms. The molecule has 1 saturated heterocycles. The van der Waals surface area contributed by atoms with Crippen LogP contribution in [-0.4, -0.2) is 17.6 Å². The molecule has 2 heterocycles. The molecule has 3 nitrogen and oxygen atoms in total. The van der Waals surface area contributed by atoms with Crippen molar-refractivity contribution in [3.05, 3.63) is 0 Å². The molecule has 1 fully saturated rings. The Bertz CT molecular complexity index is 166. The van der Waals surface area contributed by atoms with E-state index < -0.39 is 0 Å². The molecule has 0 radical (unpaired) electrons.